The fourth-order valence-electron chi connectivity index (χ4n) is 8.43. The molecule has 326 valence electrons. The minimum absolute atomic E-state index is 0.00709. The maximum absolute atomic E-state index is 15.0. The van der Waals surface area contributed by atoms with E-state index in [9.17, 15) is 24.3 Å². The van der Waals surface area contributed by atoms with Crippen LogP contribution in [0.3, 0.4) is 0 Å². The normalized spacial score (nSPS) is 17.3. The van der Waals surface area contributed by atoms with Crippen LogP contribution in [0.1, 0.15) is 97.2 Å². The molecule has 0 saturated carbocycles. The van der Waals surface area contributed by atoms with Gasteiger partial charge in [0, 0.05) is 31.4 Å². The van der Waals surface area contributed by atoms with Gasteiger partial charge in [0.15, 0.2) is 0 Å². The second kappa shape index (κ2) is 19.4. The summed E-state index contributed by atoms with van der Waals surface area (Å²) in [6.45, 7) is 12.5. The lowest BCUT2D eigenvalue weighted by Gasteiger charge is -2.43. The first-order valence-corrected chi connectivity index (χ1v) is 23.9. The minimum Gasteiger partial charge on any atom is -0.487 e. The molecule has 0 spiro atoms. The Morgan fingerprint density at radius 3 is 2.21 bits per heavy atom. The number of nitrogens with one attached hydrogen (secondary N) is 2. The Hall–Kier alpha value is -4.89. The summed E-state index contributed by atoms with van der Waals surface area (Å²) in [4.78, 5) is 61.1. The molecule has 0 radical (unpaired) electrons. The standard InChI is InChI=1S/C47H60N4O8SSi/c1-46(2,3)43(50-40(53)21-15-10-16-22-41(54)57-7)45(56)51-27-32(52)26-39(51)49-44(55)36(31-23-24-35-38(25-31)58-29-37-42(35)60-30-48-37)28-59-61(47(4,5)6,33-17-11-8-12-18-33)34-19-13-9-14-20-34/h8-9,11-14,17-20,23-25,30,32,36,39,43,52H,10,15-16,21-22,26-29H2,1-7H3,(H,49,55)(H,50,53)/t32-,36?,39+,43-/m1/s1. The molecule has 2 aliphatic rings. The van der Waals surface area contributed by atoms with Crippen LogP contribution in [0.15, 0.2) is 84.4 Å². The number of esters is 1. The molecule has 3 amide bonds. The molecule has 2 aliphatic heterocycles. The van der Waals surface area contributed by atoms with Crippen LogP contribution in [0.4, 0.5) is 0 Å². The summed E-state index contributed by atoms with van der Waals surface area (Å²) >= 11 is 1.55. The third-order valence-corrected chi connectivity index (χ3v) is 17.6. The van der Waals surface area contributed by atoms with Crippen molar-refractivity contribution in [2.24, 2.45) is 5.41 Å². The number of thiazole rings is 1. The predicted molar refractivity (Wildman–Crippen MR) is 239 cm³/mol. The summed E-state index contributed by atoms with van der Waals surface area (Å²) in [6, 6.07) is 25.4. The van der Waals surface area contributed by atoms with E-state index >= 15 is 0 Å². The van der Waals surface area contributed by atoms with Gasteiger partial charge in [-0.3, -0.25) is 19.2 Å². The summed E-state index contributed by atoms with van der Waals surface area (Å²) in [5, 5.41) is 18.9. The molecule has 3 heterocycles. The molecule has 14 heteroatoms. The monoisotopic (exact) mass is 868 g/mol. The number of aliphatic hydroxyl groups excluding tert-OH is 1. The van der Waals surface area contributed by atoms with Crippen LogP contribution in [-0.4, -0.2) is 85.6 Å². The zero-order chi connectivity index (χ0) is 44.0. The van der Waals surface area contributed by atoms with E-state index in [1.165, 1.54) is 12.0 Å². The van der Waals surface area contributed by atoms with Crippen molar-refractivity contribution < 1.29 is 38.2 Å². The first kappa shape index (κ1) is 45.6. The fourth-order valence-corrected chi connectivity index (χ4v) is 13.8. The molecule has 61 heavy (non-hydrogen) atoms. The van der Waals surface area contributed by atoms with Crippen molar-refractivity contribution in [1.82, 2.24) is 20.5 Å². The van der Waals surface area contributed by atoms with Crippen molar-refractivity contribution >= 4 is 53.7 Å². The molecule has 6 rings (SSSR count). The fraction of sp³-hybridized carbons (Fsp3) is 0.468. The van der Waals surface area contributed by atoms with E-state index in [2.05, 4.69) is 60.7 Å². The van der Waals surface area contributed by atoms with Crippen LogP contribution in [0.25, 0.3) is 10.4 Å². The van der Waals surface area contributed by atoms with Crippen molar-refractivity contribution in [1.29, 1.82) is 0 Å². The van der Waals surface area contributed by atoms with E-state index in [-0.39, 0.29) is 55.2 Å². The van der Waals surface area contributed by atoms with Gasteiger partial charge >= 0.3 is 5.97 Å². The number of aliphatic hydroxyl groups is 1. The Morgan fingerprint density at radius 1 is 0.934 bits per heavy atom. The average Bonchev–Trinajstić information content (AvgIpc) is 3.87. The molecule has 1 fully saturated rings. The van der Waals surface area contributed by atoms with Crippen LogP contribution in [0.2, 0.25) is 5.04 Å². The number of likely N-dealkylation sites (tertiary alicyclic amines) is 1. The third kappa shape index (κ3) is 10.4. The SMILES string of the molecule is COC(=O)CCCCCC(=O)N[C@H](C(=O)N1C[C@H](O)C[C@H]1NC(=O)C(CO[Si](c1ccccc1)(c1ccccc1)C(C)(C)C)c1ccc2c(c1)OCc1ncsc1-2)C(C)(C)C. The van der Waals surface area contributed by atoms with Gasteiger partial charge in [0.25, 0.3) is 8.32 Å². The third-order valence-electron chi connectivity index (χ3n) is 11.7. The smallest absolute Gasteiger partial charge is 0.305 e. The molecule has 0 aliphatic carbocycles. The molecular weight excluding hydrogens is 809 g/mol. The molecule has 3 N–H and O–H groups in total. The molecule has 12 nitrogen and oxygen atoms in total. The number of hydrogen-bond acceptors (Lipinski definition) is 10. The number of fused-ring (bicyclic) bond motifs is 3. The Kier molecular flexibility index (Phi) is 14.5. The van der Waals surface area contributed by atoms with E-state index < -0.39 is 43.9 Å². The van der Waals surface area contributed by atoms with E-state index in [1.54, 1.807) is 16.8 Å². The summed E-state index contributed by atoms with van der Waals surface area (Å²) in [7, 11) is -1.75. The summed E-state index contributed by atoms with van der Waals surface area (Å²) < 4.78 is 18.3. The molecule has 3 aromatic carbocycles. The van der Waals surface area contributed by atoms with Crippen molar-refractivity contribution in [3.63, 3.8) is 0 Å². The van der Waals surface area contributed by atoms with Gasteiger partial charge in [-0.2, -0.15) is 0 Å². The number of carbonyl (C=O) groups excluding carboxylic acids is 4. The quantitative estimate of drug-likeness (QED) is 0.0693. The lowest BCUT2D eigenvalue weighted by Crippen LogP contribution is -2.67. The van der Waals surface area contributed by atoms with Crippen molar-refractivity contribution in [2.75, 3.05) is 20.3 Å². The van der Waals surface area contributed by atoms with E-state index in [1.807, 2.05) is 75.4 Å². The molecular formula is C47H60N4O8SSi. The molecule has 1 aromatic heterocycles. The van der Waals surface area contributed by atoms with Gasteiger partial charge < -0.3 is 34.5 Å². The highest BCUT2D eigenvalue weighted by molar-refractivity contribution is 7.13. The molecule has 1 saturated heterocycles. The van der Waals surface area contributed by atoms with Crippen molar-refractivity contribution in [3.05, 3.63) is 95.6 Å². The number of amides is 3. The highest BCUT2D eigenvalue weighted by Gasteiger charge is 2.51. The number of nitrogens with zero attached hydrogens (tertiary/aromatic N) is 2. The Balaban J connectivity index is 1.29. The maximum Gasteiger partial charge on any atom is 0.305 e. The number of methoxy groups -OCH3 is 1. The highest BCUT2D eigenvalue weighted by Crippen LogP contribution is 2.42. The predicted octanol–water partition coefficient (Wildman–Crippen LogP) is 6.05. The number of carbonyl (C=O) groups is 4. The number of aromatic nitrogens is 1. The number of β-amino-alcohol motifs (C(OH)–C–C–N with tert-alkyl or cyclic N) is 1. The molecule has 0 bridgehead atoms. The van der Waals surface area contributed by atoms with Gasteiger partial charge in [0.2, 0.25) is 17.7 Å². The average molecular weight is 869 g/mol. The lowest BCUT2D eigenvalue weighted by molar-refractivity contribution is -0.142. The molecule has 1 unspecified atom stereocenters. The Morgan fingerprint density at radius 2 is 1.59 bits per heavy atom. The number of rotatable bonds is 16. The topological polar surface area (TPSA) is 156 Å². The highest BCUT2D eigenvalue weighted by atomic mass is 32.1. The first-order valence-electron chi connectivity index (χ1n) is 21.1. The summed E-state index contributed by atoms with van der Waals surface area (Å²) in [6.07, 6.45) is 0.656. The summed E-state index contributed by atoms with van der Waals surface area (Å²) in [5.74, 6) is -1.53. The van der Waals surface area contributed by atoms with Crippen molar-refractivity contribution in [2.45, 2.75) is 116 Å². The number of unbranched alkanes of at least 4 members (excludes halogenated alkanes) is 2. The second-order valence-corrected chi connectivity index (χ2v) is 23.3. The second-order valence-electron chi connectivity index (χ2n) is 18.1. The largest absolute Gasteiger partial charge is 0.487 e. The van der Waals surface area contributed by atoms with Gasteiger partial charge in [-0.25, -0.2) is 4.98 Å². The number of benzene rings is 3. The minimum atomic E-state index is -3.10. The maximum atomic E-state index is 15.0. The summed E-state index contributed by atoms with van der Waals surface area (Å²) in [5.41, 5.74) is 3.59. The van der Waals surface area contributed by atoms with Gasteiger partial charge in [-0.05, 0) is 51.4 Å². The van der Waals surface area contributed by atoms with Crippen molar-refractivity contribution in [3.8, 4) is 16.2 Å². The first-order chi connectivity index (χ1) is 29.0. The van der Waals surface area contributed by atoms with Crippen LogP contribution >= 0.6 is 11.3 Å². The zero-order valence-corrected chi connectivity index (χ0v) is 38.2. The molecule has 4 atom stereocenters. The Labute approximate surface area is 364 Å². The van der Waals surface area contributed by atoms with Gasteiger partial charge in [-0.1, -0.05) is 115 Å². The number of hydrogen-bond donors (Lipinski definition) is 3. The molecule has 4 aromatic rings. The van der Waals surface area contributed by atoms with E-state index in [0.717, 1.165) is 26.5 Å². The van der Waals surface area contributed by atoms with E-state index in [0.29, 0.717) is 37.2 Å². The van der Waals surface area contributed by atoms with Crippen LogP contribution in [-0.2, 0) is 34.9 Å². The zero-order valence-electron chi connectivity index (χ0n) is 36.4. The van der Waals surface area contributed by atoms with Gasteiger partial charge in [0.05, 0.1) is 41.8 Å². The Bertz CT molecular complexity index is 2110. The van der Waals surface area contributed by atoms with Gasteiger partial charge in [0.1, 0.15) is 24.6 Å². The van der Waals surface area contributed by atoms with Crippen LogP contribution in [0.5, 0.6) is 5.75 Å². The van der Waals surface area contributed by atoms with Gasteiger partial charge in [-0.15, -0.1) is 11.3 Å². The van der Waals surface area contributed by atoms with Crippen LogP contribution < -0.4 is 25.7 Å². The van der Waals surface area contributed by atoms with E-state index in [4.69, 9.17) is 13.9 Å². The lowest BCUT2D eigenvalue weighted by atomic mass is 9.85. The number of ether oxygens (including phenoxy) is 2. The van der Waals surface area contributed by atoms with Crippen LogP contribution in [0, 0.1) is 5.41 Å².